The van der Waals surface area contributed by atoms with Gasteiger partial charge >= 0.3 is 0 Å². The normalized spacial score (nSPS) is 11.2. The van der Waals surface area contributed by atoms with Crippen LogP contribution in [0.15, 0.2) is 24.8 Å². The Kier molecular flexibility index (Phi) is 2.40. The number of hydrogen-bond acceptors (Lipinski definition) is 4. The van der Waals surface area contributed by atoms with E-state index < -0.39 is 0 Å². The lowest BCUT2D eigenvalue weighted by atomic mass is 10.3. The molecule has 0 aliphatic heterocycles. The molecule has 17 heavy (non-hydrogen) atoms. The molecular weight excluding hydrogens is 232 g/mol. The predicted octanol–water partition coefficient (Wildman–Crippen LogP) is 2.55. The third kappa shape index (κ3) is 1.82. The Morgan fingerprint density at radius 2 is 2.12 bits per heavy atom. The molecule has 0 bridgehead atoms. The first-order valence-corrected chi connectivity index (χ1v) is 6.23. The summed E-state index contributed by atoms with van der Waals surface area (Å²) in [5.41, 5.74) is 1.04. The zero-order valence-corrected chi connectivity index (χ0v) is 10.5. The van der Waals surface area contributed by atoms with Crippen LogP contribution in [0.5, 0.6) is 0 Å². The van der Waals surface area contributed by atoms with Gasteiger partial charge in [-0.15, -0.1) is 11.3 Å². The highest BCUT2D eigenvalue weighted by atomic mass is 32.1. The lowest BCUT2D eigenvalue weighted by Gasteiger charge is -2.00. The summed E-state index contributed by atoms with van der Waals surface area (Å²) in [6.07, 6.45) is 5.45. The van der Waals surface area contributed by atoms with Crippen LogP contribution in [0.2, 0.25) is 0 Å². The summed E-state index contributed by atoms with van der Waals surface area (Å²) in [5, 5.41) is 1.16. The van der Waals surface area contributed by atoms with Crippen molar-refractivity contribution >= 4 is 21.6 Å². The van der Waals surface area contributed by atoms with Crippen molar-refractivity contribution in [2.24, 2.45) is 0 Å². The molecule has 0 saturated heterocycles. The molecule has 5 heteroatoms. The van der Waals surface area contributed by atoms with Gasteiger partial charge in [0.25, 0.3) is 0 Å². The number of rotatable bonds is 2. The molecule has 0 amide bonds. The van der Waals surface area contributed by atoms with E-state index in [1.165, 1.54) is 4.88 Å². The first-order chi connectivity index (χ1) is 8.24. The molecule has 0 saturated carbocycles. The second-order valence-electron chi connectivity index (χ2n) is 3.99. The molecule has 4 nitrogen and oxygen atoms in total. The van der Waals surface area contributed by atoms with Gasteiger partial charge in [-0.3, -0.25) is 0 Å². The van der Waals surface area contributed by atoms with Crippen molar-refractivity contribution in [3.63, 3.8) is 0 Å². The highest BCUT2D eigenvalue weighted by Crippen LogP contribution is 2.25. The summed E-state index contributed by atoms with van der Waals surface area (Å²) < 4.78 is 2.13. The maximum atomic E-state index is 4.30. The number of fused-ring (bicyclic) bond motifs is 1. The number of imidazole rings is 1. The zero-order valence-electron chi connectivity index (χ0n) is 9.71. The SMILES string of the molecule is Cc1ncnc2sc(Cn3ccnc3C)cc12. The number of aryl methyl sites for hydroxylation is 2. The van der Waals surface area contributed by atoms with Gasteiger partial charge in [0.2, 0.25) is 0 Å². The Morgan fingerprint density at radius 3 is 2.82 bits per heavy atom. The third-order valence-electron chi connectivity index (χ3n) is 2.83. The van der Waals surface area contributed by atoms with Crippen molar-refractivity contribution in [3.05, 3.63) is 41.2 Å². The van der Waals surface area contributed by atoms with Gasteiger partial charge in [-0.05, 0) is 19.9 Å². The Labute approximate surface area is 103 Å². The fourth-order valence-corrected chi connectivity index (χ4v) is 2.89. The van der Waals surface area contributed by atoms with Crippen LogP contribution in [0.4, 0.5) is 0 Å². The molecule has 3 heterocycles. The maximum Gasteiger partial charge on any atom is 0.127 e. The van der Waals surface area contributed by atoms with Crippen molar-refractivity contribution in [1.82, 2.24) is 19.5 Å². The molecule has 3 aromatic rings. The van der Waals surface area contributed by atoms with E-state index in [2.05, 4.69) is 25.6 Å². The van der Waals surface area contributed by atoms with Crippen LogP contribution in [0.1, 0.15) is 16.4 Å². The molecule has 0 aromatic carbocycles. The fraction of sp³-hybridized carbons (Fsp3) is 0.250. The molecule has 3 rings (SSSR count). The number of nitrogens with zero attached hydrogens (tertiary/aromatic N) is 4. The Balaban J connectivity index is 2.02. The average Bonchev–Trinajstić information content (AvgIpc) is 2.87. The van der Waals surface area contributed by atoms with E-state index in [4.69, 9.17) is 0 Å². The topological polar surface area (TPSA) is 43.6 Å². The highest BCUT2D eigenvalue weighted by molar-refractivity contribution is 7.18. The van der Waals surface area contributed by atoms with E-state index in [1.54, 1.807) is 17.7 Å². The molecule has 3 aromatic heterocycles. The van der Waals surface area contributed by atoms with Gasteiger partial charge in [0.05, 0.1) is 6.54 Å². The molecule has 0 atom stereocenters. The quantitative estimate of drug-likeness (QED) is 0.696. The van der Waals surface area contributed by atoms with E-state index in [9.17, 15) is 0 Å². The van der Waals surface area contributed by atoms with Crippen molar-refractivity contribution in [3.8, 4) is 0 Å². The smallest absolute Gasteiger partial charge is 0.127 e. The molecule has 0 spiro atoms. The van der Waals surface area contributed by atoms with E-state index in [-0.39, 0.29) is 0 Å². The van der Waals surface area contributed by atoms with Crippen LogP contribution in [-0.4, -0.2) is 19.5 Å². The van der Waals surface area contributed by atoms with Crippen LogP contribution < -0.4 is 0 Å². The Hall–Kier alpha value is -1.75. The summed E-state index contributed by atoms with van der Waals surface area (Å²) in [6.45, 7) is 4.88. The fourth-order valence-electron chi connectivity index (χ4n) is 1.84. The highest BCUT2D eigenvalue weighted by Gasteiger charge is 2.07. The summed E-state index contributed by atoms with van der Waals surface area (Å²) in [4.78, 5) is 15.1. The average molecular weight is 244 g/mol. The van der Waals surface area contributed by atoms with Crippen molar-refractivity contribution in [1.29, 1.82) is 0 Å². The third-order valence-corrected chi connectivity index (χ3v) is 3.86. The first-order valence-electron chi connectivity index (χ1n) is 5.42. The van der Waals surface area contributed by atoms with Crippen LogP contribution in [-0.2, 0) is 6.54 Å². The van der Waals surface area contributed by atoms with Crippen LogP contribution >= 0.6 is 11.3 Å². The minimum Gasteiger partial charge on any atom is -0.330 e. The van der Waals surface area contributed by atoms with Gasteiger partial charge in [-0.25, -0.2) is 15.0 Å². The molecule has 0 fully saturated rings. The Bertz CT molecular complexity index is 668. The summed E-state index contributed by atoms with van der Waals surface area (Å²) in [7, 11) is 0. The van der Waals surface area contributed by atoms with Gasteiger partial charge in [0, 0.05) is 28.4 Å². The van der Waals surface area contributed by atoms with Gasteiger partial charge < -0.3 is 4.57 Å². The summed E-state index contributed by atoms with van der Waals surface area (Å²) in [6, 6.07) is 2.18. The Morgan fingerprint density at radius 1 is 1.24 bits per heavy atom. The number of thiophene rings is 1. The molecule has 0 N–H and O–H groups in total. The zero-order chi connectivity index (χ0) is 11.8. The van der Waals surface area contributed by atoms with Gasteiger partial charge in [-0.2, -0.15) is 0 Å². The van der Waals surface area contributed by atoms with E-state index >= 15 is 0 Å². The lowest BCUT2D eigenvalue weighted by molar-refractivity contribution is 0.772. The van der Waals surface area contributed by atoms with Gasteiger partial charge in [0.1, 0.15) is 17.0 Å². The van der Waals surface area contributed by atoms with Crippen molar-refractivity contribution in [2.75, 3.05) is 0 Å². The van der Waals surface area contributed by atoms with Crippen LogP contribution in [0.3, 0.4) is 0 Å². The molecule has 0 unspecified atom stereocenters. The van der Waals surface area contributed by atoms with Gasteiger partial charge in [-0.1, -0.05) is 0 Å². The van der Waals surface area contributed by atoms with E-state index in [0.717, 1.165) is 28.3 Å². The number of aromatic nitrogens is 4. The minimum atomic E-state index is 0.853. The largest absolute Gasteiger partial charge is 0.330 e. The van der Waals surface area contributed by atoms with Crippen molar-refractivity contribution in [2.45, 2.75) is 20.4 Å². The predicted molar refractivity (Wildman–Crippen MR) is 68.2 cm³/mol. The molecule has 86 valence electrons. The molecule has 0 aliphatic carbocycles. The second kappa shape index (κ2) is 3.92. The molecular formula is C12H12N4S. The maximum absolute atomic E-state index is 4.30. The summed E-state index contributed by atoms with van der Waals surface area (Å²) in [5.74, 6) is 1.03. The van der Waals surface area contributed by atoms with E-state index in [0.29, 0.717) is 0 Å². The molecule has 0 radical (unpaired) electrons. The van der Waals surface area contributed by atoms with Crippen molar-refractivity contribution < 1.29 is 0 Å². The number of hydrogen-bond donors (Lipinski definition) is 0. The first kappa shape index (κ1) is 10.4. The summed E-state index contributed by atoms with van der Waals surface area (Å²) >= 11 is 1.72. The van der Waals surface area contributed by atoms with Crippen LogP contribution in [0.25, 0.3) is 10.2 Å². The monoisotopic (exact) mass is 244 g/mol. The van der Waals surface area contributed by atoms with Crippen LogP contribution in [0, 0.1) is 13.8 Å². The lowest BCUT2D eigenvalue weighted by Crippen LogP contribution is -1.98. The van der Waals surface area contributed by atoms with Gasteiger partial charge in [0.15, 0.2) is 0 Å². The molecule has 0 aliphatic rings. The second-order valence-corrected chi connectivity index (χ2v) is 5.11. The minimum absolute atomic E-state index is 0.853. The standard InChI is InChI=1S/C12H12N4S/c1-8-11-5-10(17-12(11)15-7-14-8)6-16-4-3-13-9(16)2/h3-5,7H,6H2,1-2H3. The van der Waals surface area contributed by atoms with E-state index in [1.807, 2.05) is 26.2 Å².